The summed E-state index contributed by atoms with van der Waals surface area (Å²) in [4.78, 5) is 2.03. The number of benzene rings is 1. The van der Waals surface area contributed by atoms with Gasteiger partial charge in [-0.1, -0.05) is 12.1 Å². The Morgan fingerprint density at radius 2 is 1.70 bits per heavy atom. The summed E-state index contributed by atoms with van der Waals surface area (Å²) in [5.74, 6) is 0.897. The molecule has 0 saturated carbocycles. The summed E-state index contributed by atoms with van der Waals surface area (Å²) in [6.07, 6.45) is 0. The summed E-state index contributed by atoms with van der Waals surface area (Å²) >= 11 is 0. The van der Waals surface area contributed by atoms with Crippen molar-refractivity contribution in [1.29, 1.82) is 0 Å². The van der Waals surface area contributed by atoms with E-state index in [2.05, 4.69) is 17.4 Å². The van der Waals surface area contributed by atoms with E-state index in [1.54, 1.807) is 0 Å². The van der Waals surface area contributed by atoms with Crippen LogP contribution in [0.2, 0.25) is 0 Å². The minimum atomic E-state index is 0.124. The maximum atomic E-state index is 8.91. The maximum Gasteiger partial charge on any atom is 0.119 e. The van der Waals surface area contributed by atoms with Crippen molar-refractivity contribution in [2.75, 3.05) is 46.0 Å². The monoisotopic (exact) mass is 282 g/mol. The van der Waals surface area contributed by atoms with Gasteiger partial charge in [0.25, 0.3) is 0 Å². The Labute approximate surface area is 121 Å². The molecule has 0 spiro atoms. The summed E-state index contributed by atoms with van der Waals surface area (Å²) < 4.78 is 5.40. The van der Waals surface area contributed by atoms with Crippen molar-refractivity contribution in [3.05, 3.63) is 29.8 Å². The summed E-state index contributed by atoms with van der Waals surface area (Å²) in [7, 11) is 0. The molecule has 5 heteroatoms. The Morgan fingerprint density at radius 1 is 1.05 bits per heavy atom. The van der Waals surface area contributed by atoms with Crippen LogP contribution in [0.1, 0.15) is 12.5 Å². The predicted molar refractivity (Wildman–Crippen MR) is 79.9 cm³/mol. The molecular weight excluding hydrogens is 256 g/mol. The van der Waals surface area contributed by atoms with Crippen molar-refractivity contribution < 1.29 is 14.9 Å². The molecule has 114 valence electrons. The summed E-state index contributed by atoms with van der Waals surface area (Å²) in [5.41, 5.74) is 1.21. The third-order valence-electron chi connectivity index (χ3n) is 3.00. The number of rotatable bonds is 11. The van der Waals surface area contributed by atoms with E-state index in [4.69, 9.17) is 14.9 Å². The van der Waals surface area contributed by atoms with E-state index < -0.39 is 0 Å². The van der Waals surface area contributed by atoms with Gasteiger partial charge in [-0.2, -0.15) is 0 Å². The summed E-state index contributed by atoms with van der Waals surface area (Å²) in [6, 6.07) is 8.06. The third-order valence-corrected chi connectivity index (χ3v) is 3.00. The van der Waals surface area contributed by atoms with Gasteiger partial charge in [-0.25, -0.2) is 0 Å². The van der Waals surface area contributed by atoms with Crippen LogP contribution in [0.4, 0.5) is 0 Å². The zero-order chi connectivity index (χ0) is 14.6. The van der Waals surface area contributed by atoms with E-state index in [1.165, 1.54) is 5.56 Å². The molecule has 5 nitrogen and oxygen atoms in total. The van der Waals surface area contributed by atoms with Crippen LogP contribution in [0.5, 0.6) is 5.75 Å². The van der Waals surface area contributed by atoms with Gasteiger partial charge in [0.1, 0.15) is 5.75 Å². The van der Waals surface area contributed by atoms with Gasteiger partial charge >= 0.3 is 0 Å². The zero-order valence-electron chi connectivity index (χ0n) is 12.2. The number of aliphatic hydroxyl groups is 2. The van der Waals surface area contributed by atoms with Gasteiger partial charge in [0.05, 0.1) is 19.8 Å². The second-order valence-electron chi connectivity index (χ2n) is 4.54. The largest absolute Gasteiger partial charge is 0.494 e. The minimum absolute atomic E-state index is 0.124. The Bertz CT molecular complexity index is 337. The highest BCUT2D eigenvalue weighted by Gasteiger charge is 2.02. The number of hydrogen-bond donors (Lipinski definition) is 3. The van der Waals surface area contributed by atoms with Gasteiger partial charge in [0.2, 0.25) is 0 Å². The van der Waals surface area contributed by atoms with Crippen LogP contribution in [-0.2, 0) is 6.54 Å². The first kappa shape index (κ1) is 16.9. The second kappa shape index (κ2) is 10.6. The Kier molecular flexibility index (Phi) is 8.98. The van der Waals surface area contributed by atoms with Crippen molar-refractivity contribution in [1.82, 2.24) is 10.2 Å². The number of ether oxygens (including phenoxy) is 1. The molecule has 0 radical (unpaired) electrons. The van der Waals surface area contributed by atoms with Crippen molar-refractivity contribution in [2.45, 2.75) is 13.5 Å². The van der Waals surface area contributed by atoms with Crippen LogP contribution in [0.25, 0.3) is 0 Å². The molecule has 0 fully saturated rings. The van der Waals surface area contributed by atoms with E-state index in [-0.39, 0.29) is 13.2 Å². The molecule has 0 bridgehead atoms. The predicted octanol–water partition coefficient (Wildman–Crippen LogP) is 0.462. The fourth-order valence-electron chi connectivity index (χ4n) is 1.96. The lowest BCUT2D eigenvalue weighted by Crippen LogP contribution is -2.35. The van der Waals surface area contributed by atoms with Gasteiger partial charge in [0.15, 0.2) is 0 Å². The van der Waals surface area contributed by atoms with E-state index in [0.29, 0.717) is 19.7 Å². The van der Waals surface area contributed by atoms with Gasteiger partial charge in [-0.3, -0.25) is 4.90 Å². The van der Waals surface area contributed by atoms with Crippen molar-refractivity contribution in [2.24, 2.45) is 0 Å². The molecule has 20 heavy (non-hydrogen) atoms. The molecule has 1 aromatic carbocycles. The van der Waals surface area contributed by atoms with Crippen LogP contribution in [0.3, 0.4) is 0 Å². The maximum absolute atomic E-state index is 8.91. The Morgan fingerprint density at radius 3 is 2.25 bits per heavy atom. The number of nitrogens with one attached hydrogen (secondary N) is 1. The van der Waals surface area contributed by atoms with Crippen LogP contribution < -0.4 is 10.1 Å². The average molecular weight is 282 g/mol. The molecule has 0 unspecified atom stereocenters. The van der Waals surface area contributed by atoms with Crippen molar-refractivity contribution in [3.63, 3.8) is 0 Å². The minimum Gasteiger partial charge on any atom is -0.494 e. The fourth-order valence-corrected chi connectivity index (χ4v) is 1.96. The Balaban J connectivity index is 2.22. The smallest absolute Gasteiger partial charge is 0.119 e. The van der Waals surface area contributed by atoms with Gasteiger partial charge in [0, 0.05) is 32.7 Å². The number of aliphatic hydroxyl groups excluding tert-OH is 2. The molecule has 0 aromatic heterocycles. The molecule has 0 saturated heterocycles. The molecule has 0 heterocycles. The van der Waals surface area contributed by atoms with Crippen LogP contribution >= 0.6 is 0 Å². The first-order valence-corrected chi connectivity index (χ1v) is 7.16. The summed E-state index contributed by atoms with van der Waals surface area (Å²) in [6.45, 7) is 6.56. The van der Waals surface area contributed by atoms with E-state index in [1.807, 2.05) is 24.0 Å². The first-order chi connectivity index (χ1) is 9.80. The van der Waals surface area contributed by atoms with Crippen LogP contribution in [0.15, 0.2) is 24.3 Å². The molecule has 1 aromatic rings. The molecule has 0 aliphatic rings. The molecule has 0 atom stereocenters. The van der Waals surface area contributed by atoms with E-state index in [9.17, 15) is 0 Å². The van der Waals surface area contributed by atoms with E-state index >= 15 is 0 Å². The third kappa shape index (κ3) is 6.86. The molecule has 0 amide bonds. The second-order valence-corrected chi connectivity index (χ2v) is 4.54. The molecule has 0 aliphatic carbocycles. The quantitative estimate of drug-likeness (QED) is 0.515. The van der Waals surface area contributed by atoms with Crippen LogP contribution in [-0.4, -0.2) is 61.1 Å². The van der Waals surface area contributed by atoms with Gasteiger partial charge in [-0.15, -0.1) is 0 Å². The Hall–Kier alpha value is -1.14. The lowest BCUT2D eigenvalue weighted by Gasteiger charge is -2.20. The molecular formula is C15H26N2O3. The SMILES string of the molecule is CCOc1ccc(CNCCN(CCO)CCO)cc1. The normalized spacial score (nSPS) is 11.0. The van der Waals surface area contributed by atoms with Crippen molar-refractivity contribution >= 4 is 0 Å². The highest BCUT2D eigenvalue weighted by molar-refractivity contribution is 5.27. The van der Waals surface area contributed by atoms with Crippen LogP contribution in [0, 0.1) is 0 Å². The van der Waals surface area contributed by atoms with Gasteiger partial charge in [-0.05, 0) is 24.6 Å². The lowest BCUT2D eigenvalue weighted by atomic mass is 10.2. The summed E-state index contributed by atoms with van der Waals surface area (Å²) in [5, 5.41) is 21.2. The number of nitrogens with zero attached hydrogens (tertiary/aromatic N) is 1. The lowest BCUT2D eigenvalue weighted by molar-refractivity contribution is 0.161. The van der Waals surface area contributed by atoms with Crippen molar-refractivity contribution in [3.8, 4) is 5.75 Å². The zero-order valence-corrected chi connectivity index (χ0v) is 12.2. The first-order valence-electron chi connectivity index (χ1n) is 7.16. The van der Waals surface area contributed by atoms with E-state index in [0.717, 1.165) is 25.4 Å². The molecule has 3 N–H and O–H groups in total. The number of hydrogen-bond acceptors (Lipinski definition) is 5. The average Bonchev–Trinajstić information content (AvgIpc) is 2.46. The topological polar surface area (TPSA) is 65.0 Å². The van der Waals surface area contributed by atoms with Gasteiger partial charge < -0.3 is 20.3 Å². The standard InChI is InChI=1S/C15H26N2O3/c1-2-20-15-5-3-14(4-6-15)13-16-7-8-17(9-11-18)10-12-19/h3-6,16,18-19H,2,7-13H2,1H3. The highest BCUT2D eigenvalue weighted by Crippen LogP contribution is 2.11. The molecule has 0 aliphatic heterocycles. The highest BCUT2D eigenvalue weighted by atomic mass is 16.5. The molecule has 1 rings (SSSR count). The fraction of sp³-hybridized carbons (Fsp3) is 0.600.